The second kappa shape index (κ2) is 5.47. The summed E-state index contributed by atoms with van der Waals surface area (Å²) >= 11 is 0. The van der Waals surface area contributed by atoms with Crippen LogP contribution in [0.5, 0.6) is 5.75 Å². The summed E-state index contributed by atoms with van der Waals surface area (Å²) in [5.74, 6) is 0.738. The van der Waals surface area contributed by atoms with Crippen LogP contribution in [-0.2, 0) is 5.41 Å². The Bertz CT molecular complexity index is 606. The molecule has 0 saturated heterocycles. The van der Waals surface area contributed by atoms with Gasteiger partial charge in [-0.25, -0.2) is 0 Å². The van der Waals surface area contributed by atoms with Gasteiger partial charge in [0, 0.05) is 5.56 Å². The largest absolute Gasteiger partial charge is 0.508 e. The van der Waals surface area contributed by atoms with E-state index in [9.17, 15) is 5.11 Å². The smallest absolute Gasteiger partial charge is 0.119 e. The van der Waals surface area contributed by atoms with Crippen LogP contribution in [0.15, 0.2) is 30.3 Å². The van der Waals surface area contributed by atoms with Crippen LogP contribution < -0.4 is 0 Å². The molecule has 1 heteroatoms. The number of fused-ring (bicyclic) bond motifs is 1. The van der Waals surface area contributed by atoms with E-state index in [0.717, 1.165) is 18.4 Å². The first-order valence-electron chi connectivity index (χ1n) is 7.69. The maximum absolute atomic E-state index is 10.1. The Morgan fingerprint density at radius 1 is 1.05 bits per heavy atom. The molecule has 0 bridgehead atoms. The van der Waals surface area contributed by atoms with Gasteiger partial charge in [-0.3, -0.25) is 0 Å². The fourth-order valence-corrected chi connectivity index (χ4v) is 2.98. The average molecular weight is 270 g/mol. The monoisotopic (exact) mass is 270 g/mol. The lowest BCUT2D eigenvalue weighted by Crippen LogP contribution is -2.19. The topological polar surface area (TPSA) is 20.2 Å². The van der Waals surface area contributed by atoms with Crippen molar-refractivity contribution in [3.05, 3.63) is 41.5 Å². The molecule has 1 N–H and O–H groups in total. The molecular weight excluding hydrogens is 244 g/mol. The summed E-state index contributed by atoms with van der Waals surface area (Å²) in [5.41, 5.74) is 2.70. The van der Waals surface area contributed by atoms with Gasteiger partial charge in [-0.1, -0.05) is 58.9 Å². The molecule has 0 saturated carbocycles. The number of rotatable bonds is 4. The molecule has 108 valence electrons. The van der Waals surface area contributed by atoms with Crippen molar-refractivity contribution in [2.24, 2.45) is 0 Å². The maximum Gasteiger partial charge on any atom is 0.119 e. The van der Waals surface area contributed by atoms with Crippen LogP contribution in [-0.4, -0.2) is 5.11 Å². The standard InChI is InChI=1S/C19H26O/c1-6-19(5,7-2)15-9-10-16-14(12-15)8-11-17(20)18(16)13(3)4/h8-13,20H,6-7H2,1-5H3. The third-order valence-electron chi connectivity index (χ3n) is 4.87. The number of aromatic hydroxyl groups is 1. The van der Waals surface area contributed by atoms with Crippen molar-refractivity contribution in [1.29, 1.82) is 0 Å². The van der Waals surface area contributed by atoms with E-state index in [1.807, 2.05) is 12.1 Å². The second-order valence-corrected chi connectivity index (χ2v) is 6.36. The van der Waals surface area contributed by atoms with E-state index in [1.165, 1.54) is 16.3 Å². The van der Waals surface area contributed by atoms with Crippen LogP contribution in [0, 0.1) is 0 Å². The first-order valence-corrected chi connectivity index (χ1v) is 7.69. The SMILES string of the molecule is CCC(C)(CC)c1ccc2c(C(C)C)c(O)ccc2c1. The Balaban J connectivity index is 2.65. The lowest BCUT2D eigenvalue weighted by atomic mass is 9.77. The van der Waals surface area contributed by atoms with Gasteiger partial charge in [-0.15, -0.1) is 0 Å². The minimum Gasteiger partial charge on any atom is -0.508 e. The zero-order valence-electron chi connectivity index (χ0n) is 13.3. The van der Waals surface area contributed by atoms with Crippen molar-refractivity contribution in [3.8, 4) is 5.75 Å². The zero-order chi connectivity index (χ0) is 14.9. The molecule has 2 aromatic rings. The van der Waals surface area contributed by atoms with Crippen molar-refractivity contribution in [2.75, 3.05) is 0 Å². The Labute approximate surface area is 122 Å². The Morgan fingerprint density at radius 2 is 1.70 bits per heavy atom. The first-order chi connectivity index (χ1) is 9.42. The quantitative estimate of drug-likeness (QED) is 0.750. The van der Waals surface area contributed by atoms with Crippen LogP contribution in [0.25, 0.3) is 10.8 Å². The second-order valence-electron chi connectivity index (χ2n) is 6.36. The molecule has 1 nitrogen and oxygen atoms in total. The molecule has 0 fully saturated rings. The summed E-state index contributed by atoms with van der Waals surface area (Å²) in [4.78, 5) is 0. The normalized spacial score (nSPS) is 12.3. The van der Waals surface area contributed by atoms with Crippen LogP contribution in [0.1, 0.15) is 64.5 Å². The number of phenolic OH excluding ortho intramolecular Hbond substituents is 1. The summed E-state index contributed by atoms with van der Waals surface area (Å²) < 4.78 is 0. The lowest BCUT2D eigenvalue weighted by molar-refractivity contribution is 0.439. The molecule has 0 aliphatic heterocycles. The number of phenols is 1. The van der Waals surface area contributed by atoms with Gasteiger partial charge in [0.1, 0.15) is 5.75 Å². The predicted octanol–water partition coefficient (Wildman–Crippen LogP) is 5.75. The van der Waals surface area contributed by atoms with Crippen LogP contribution in [0.3, 0.4) is 0 Å². The Morgan fingerprint density at radius 3 is 2.25 bits per heavy atom. The molecule has 0 atom stereocenters. The van der Waals surface area contributed by atoms with Crippen LogP contribution in [0.4, 0.5) is 0 Å². The van der Waals surface area contributed by atoms with Gasteiger partial charge in [0.25, 0.3) is 0 Å². The van der Waals surface area contributed by atoms with Gasteiger partial charge < -0.3 is 5.11 Å². The van der Waals surface area contributed by atoms with Crippen molar-refractivity contribution < 1.29 is 5.11 Å². The van der Waals surface area contributed by atoms with Crippen molar-refractivity contribution >= 4 is 10.8 Å². The minimum absolute atomic E-state index is 0.240. The fourth-order valence-electron chi connectivity index (χ4n) is 2.98. The van der Waals surface area contributed by atoms with Gasteiger partial charge in [-0.05, 0) is 46.6 Å². The number of hydrogen-bond acceptors (Lipinski definition) is 1. The van der Waals surface area contributed by atoms with Crippen molar-refractivity contribution in [2.45, 2.75) is 58.8 Å². The van der Waals surface area contributed by atoms with Crippen molar-refractivity contribution in [3.63, 3.8) is 0 Å². The lowest BCUT2D eigenvalue weighted by Gasteiger charge is -2.28. The van der Waals surface area contributed by atoms with E-state index in [4.69, 9.17) is 0 Å². The van der Waals surface area contributed by atoms with Gasteiger partial charge in [0.15, 0.2) is 0 Å². The summed E-state index contributed by atoms with van der Waals surface area (Å²) in [6, 6.07) is 10.6. The molecule has 0 aliphatic carbocycles. The third kappa shape index (κ3) is 2.42. The highest BCUT2D eigenvalue weighted by atomic mass is 16.3. The van der Waals surface area contributed by atoms with E-state index in [2.05, 4.69) is 52.8 Å². The molecule has 0 aromatic heterocycles. The van der Waals surface area contributed by atoms with E-state index in [1.54, 1.807) is 0 Å². The third-order valence-corrected chi connectivity index (χ3v) is 4.87. The number of benzene rings is 2. The molecule has 0 amide bonds. The van der Waals surface area contributed by atoms with E-state index < -0.39 is 0 Å². The Hall–Kier alpha value is -1.50. The molecular formula is C19H26O. The molecule has 2 rings (SSSR count). The molecule has 20 heavy (non-hydrogen) atoms. The van der Waals surface area contributed by atoms with Crippen LogP contribution in [0.2, 0.25) is 0 Å². The number of hydrogen-bond donors (Lipinski definition) is 1. The molecule has 0 spiro atoms. The first kappa shape index (κ1) is 14.9. The van der Waals surface area contributed by atoms with E-state index in [0.29, 0.717) is 11.7 Å². The zero-order valence-corrected chi connectivity index (χ0v) is 13.3. The van der Waals surface area contributed by atoms with Gasteiger partial charge in [-0.2, -0.15) is 0 Å². The Kier molecular flexibility index (Phi) is 4.08. The van der Waals surface area contributed by atoms with Crippen LogP contribution >= 0.6 is 0 Å². The highest BCUT2D eigenvalue weighted by molar-refractivity contribution is 5.89. The van der Waals surface area contributed by atoms with E-state index in [-0.39, 0.29) is 5.41 Å². The molecule has 2 aromatic carbocycles. The maximum atomic E-state index is 10.1. The molecule has 0 aliphatic rings. The average Bonchev–Trinajstić information content (AvgIpc) is 2.45. The highest BCUT2D eigenvalue weighted by Crippen LogP contribution is 2.37. The summed E-state index contributed by atoms with van der Waals surface area (Å²) in [6.45, 7) is 11.1. The molecule has 0 radical (unpaired) electrons. The van der Waals surface area contributed by atoms with Gasteiger partial charge >= 0.3 is 0 Å². The molecule has 0 heterocycles. The van der Waals surface area contributed by atoms with Crippen molar-refractivity contribution in [1.82, 2.24) is 0 Å². The molecule has 0 unspecified atom stereocenters. The van der Waals surface area contributed by atoms with Gasteiger partial charge in [0.2, 0.25) is 0 Å². The minimum atomic E-state index is 0.240. The predicted molar refractivity (Wildman–Crippen MR) is 87.6 cm³/mol. The summed E-state index contributed by atoms with van der Waals surface area (Å²) in [6.07, 6.45) is 2.29. The fraction of sp³-hybridized carbons (Fsp3) is 0.474. The summed E-state index contributed by atoms with van der Waals surface area (Å²) in [5, 5.41) is 12.5. The van der Waals surface area contributed by atoms with Gasteiger partial charge in [0.05, 0.1) is 0 Å². The summed E-state index contributed by atoms with van der Waals surface area (Å²) in [7, 11) is 0. The highest BCUT2D eigenvalue weighted by Gasteiger charge is 2.22. The van der Waals surface area contributed by atoms with E-state index >= 15 is 0 Å².